The zero-order valence-electron chi connectivity index (χ0n) is 10.8. The predicted octanol–water partition coefficient (Wildman–Crippen LogP) is 3.30. The first-order chi connectivity index (χ1) is 9.28. The first kappa shape index (κ1) is 15.6. The third kappa shape index (κ3) is 4.09. The topological polar surface area (TPSA) is 61.8 Å². The Hall–Kier alpha value is -0.810. The van der Waals surface area contributed by atoms with E-state index in [0.717, 1.165) is 5.56 Å². The summed E-state index contributed by atoms with van der Waals surface area (Å²) in [6, 6.07) is 7.46. The van der Waals surface area contributed by atoms with Gasteiger partial charge in [-0.3, -0.25) is 0 Å². The summed E-state index contributed by atoms with van der Waals surface area (Å²) in [5.41, 5.74) is 1.04. The van der Waals surface area contributed by atoms with E-state index in [1.807, 2.05) is 31.2 Å². The quantitative estimate of drug-likeness (QED) is 0.843. The highest BCUT2D eigenvalue weighted by atomic mass is 35.6. The van der Waals surface area contributed by atoms with Gasteiger partial charge in [-0.15, -0.1) is 0 Å². The molecule has 0 aliphatic carbocycles. The lowest BCUT2D eigenvalue weighted by Gasteiger charge is -2.31. The molecule has 0 aliphatic rings. The normalized spacial score (nSPS) is 15.1. The van der Waals surface area contributed by atoms with Crippen molar-refractivity contribution in [2.24, 2.45) is 0 Å². The fourth-order valence-corrected chi connectivity index (χ4v) is 2.74. The zero-order chi connectivity index (χ0) is 14.8. The third-order valence-electron chi connectivity index (χ3n) is 3.02. The molecule has 4 nitrogen and oxygen atoms in total. The minimum Gasteiger partial charge on any atom is -0.385 e. The van der Waals surface area contributed by atoms with Crippen LogP contribution in [0.2, 0.25) is 0 Å². The van der Waals surface area contributed by atoms with E-state index >= 15 is 0 Å². The molecule has 2 aromatic rings. The number of nitrogens with one attached hydrogen (secondary N) is 1. The molecule has 0 bridgehead atoms. The van der Waals surface area contributed by atoms with Gasteiger partial charge < -0.3 is 5.11 Å². The lowest BCUT2D eigenvalue weighted by atomic mass is 9.86. The van der Waals surface area contributed by atoms with Gasteiger partial charge in [-0.2, -0.15) is 15.4 Å². The van der Waals surface area contributed by atoms with Crippen LogP contribution in [-0.4, -0.2) is 24.3 Å². The highest BCUT2D eigenvalue weighted by molar-refractivity contribution is 6.67. The van der Waals surface area contributed by atoms with Crippen LogP contribution in [0.4, 0.5) is 0 Å². The lowest BCUT2D eigenvalue weighted by molar-refractivity contribution is 0.0279. The first-order valence-electron chi connectivity index (χ1n) is 5.99. The van der Waals surface area contributed by atoms with E-state index in [4.69, 9.17) is 34.8 Å². The van der Waals surface area contributed by atoms with Crippen molar-refractivity contribution in [2.45, 2.75) is 29.2 Å². The van der Waals surface area contributed by atoms with E-state index in [-0.39, 0.29) is 12.8 Å². The maximum absolute atomic E-state index is 10.9. The standard InChI is InChI=1S/C13H14Cl3N3O/c1-9-2-4-10(5-3-9)12(20,8-13(14,15)16)6-11-7-17-19-18-11/h2-5,7,20H,6,8H2,1H3,(H,17,18,19). The number of H-pyrrole nitrogens is 1. The van der Waals surface area contributed by atoms with E-state index in [9.17, 15) is 5.11 Å². The fourth-order valence-electron chi connectivity index (χ4n) is 2.07. The van der Waals surface area contributed by atoms with Gasteiger partial charge in [-0.1, -0.05) is 64.6 Å². The van der Waals surface area contributed by atoms with Crippen LogP contribution in [0.15, 0.2) is 30.5 Å². The van der Waals surface area contributed by atoms with Gasteiger partial charge in [-0.05, 0) is 12.5 Å². The monoisotopic (exact) mass is 333 g/mol. The molecule has 0 spiro atoms. The molecule has 0 aliphatic heterocycles. The van der Waals surface area contributed by atoms with E-state index in [0.29, 0.717) is 11.3 Å². The number of hydrogen-bond acceptors (Lipinski definition) is 3. The number of aryl methyl sites for hydroxylation is 1. The van der Waals surface area contributed by atoms with E-state index in [1.165, 1.54) is 6.20 Å². The molecule has 1 atom stereocenters. The van der Waals surface area contributed by atoms with E-state index in [1.54, 1.807) is 0 Å². The lowest BCUT2D eigenvalue weighted by Crippen LogP contribution is -2.33. The van der Waals surface area contributed by atoms with Crippen molar-refractivity contribution in [3.05, 3.63) is 47.3 Å². The molecule has 0 saturated heterocycles. The largest absolute Gasteiger partial charge is 0.385 e. The molecule has 1 aromatic heterocycles. The predicted molar refractivity (Wildman–Crippen MR) is 80.1 cm³/mol. The van der Waals surface area contributed by atoms with Crippen molar-refractivity contribution in [3.8, 4) is 0 Å². The Labute approximate surface area is 132 Å². The molecule has 20 heavy (non-hydrogen) atoms. The summed E-state index contributed by atoms with van der Waals surface area (Å²) in [7, 11) is 0. The van der Waals surface area contributed by atoms with Gasteiger partial charge in [0.2, 0.25) is 0 Å². The van der Waals surface area contributed by atoms with Gasteiger partial charge in [0, 0.05) is 12.8 Å². The fraction of sp³-hybridized carbons (Fsp3) is 0.385. The number of benzene rings is 1. The molecule has 0 amide bonds. The van der Waals surface area contributed by atoms with Gasteiger partial charge in [0.1, 0.15) is 0 Å². The number of halogens is 3. The average Bonchev–Trinajstić information content (AvgIpc) is 2.79. The maximum Gasteiger partial charge on any atom is 0.193 e. The van der Waals surface area contributed by atoms with Crippen molar-refractivity contribution in [2.75, 3.05) is 0 Å². The van der Waals surface area contributed by atoms with Crippen LogP contribution >= 0.6 is 34.8 Å². The zero-order valence-corrected chi connectivity index (χ0v) is 13.0. The molecule has 1 aromatic carbocycles. The molecule has 1 unspecified atom stereocenters. The van der Waals surface area contributed by atoms with Crippen LogP contribution in [0.1, 0.15) is 23.2 Å². The SMILES string of the molecule is Cc1ccc(C(O)(Cc2cn[nH]n2)CC(Cl)(Cl)Cl)cc1. The Kier molecular flexibility index (Phi) is 4.59. The van der Waals surface area contributed by atoms with Gasteiger partial charge >= 0.3 is 0 Å². The highest BCUT2D eigenvalue weighted by Gasteiger charge is 2.38. The molecular weight excluding hydrogens is 321 g/mol. The van der Waals surface area contributed by atoms with Crippen LogP contribution in [0.5, 0.6) is 0 Å². The second-order valence-electron chi connectivity index (χ2n) is 4.83. The molecule has 108 valence electrons. The van der Waals surface area contributed by atoms with Crippen molar-refractivity contribution in [3.63, 3.8) is 0 Å². The molecule has 0 fully saturated rings. The number of alkyl halides is 3. The Morgan fingerprint density at radius 1 is 1.20 bits per heavy atom. The number of aromatic amines is 1. The summed E-state index contributed by atoms with van der Waals surface area (Å²) >= 11 is 17.6. The average molecular weight is 335 g/mol. The summed E-state index contributed by atoms with van der Waals surface area (Å²) < 4.78 is -1.57. The Balaban J connectivity index is 2.34. The summed E-state index contributed by atoms with van der Waals surface area (Å²) in [5.74, 6) is 0. The highest BCUT2D eigenvalue weighted by Crippen LogP contribution is 2.41. The van der Waals surface area contributed by atoms with Crippen LogP contribution < -0.4 is 0 Å². The molecule has 2 rings (SSSR count). The van der Waals surface area contributed by atoms with Crippen LogP contribution in [0.25, 0.3) is 0 Å². The summed E-state index contributed by atoms with van der Waals surface area (Å²) in [6.07, 6.45) is 1.71. The minimum absolute atomic E-state index is 0.0411. The second-order valence-corrected chi connectivity index (χ2v) is 7.34. The number of aromatic nitrogens is 3. The van der Waals surface area contributed by atoms with E-state index < -0.39 is 9.39 Å². The summed E-state index contributed by atoms with van der Waals surface area (Å²) in [5, 5.41) is 21.1. The number of rotatable bonds is 4. The number of nitrogens with zero attached hydrogens (tertiary/aromatic N) is 2. The molecule has 2 N–H and O–H groups in total. The minimum atomic E-state index is -1.57. The smallest absolute Gasteiger partial charge is 0.193 e. The Bertz CT molecular complexity index is 551. The summed E-state index contributed by atoms with van der Waals surface area (Å²) in [6.45, 7) is 1.97. The second kappa shape index (κ2) is 5.90. The van der Waals surface area contributed by atoms with Crippen LogP contribution in [-0.2, 0) is 12.0 Å². The first-order valence-corrected chi connectivity index (χ1v) is 7.13. The molecular formula is C13H14Cl3N3O. The van der Waals surface area contributed by atoms with Crippen molar-refractivity contribution in [1.82, 2.24) is 15.4 Å². The Morgan fingerprint density at radius 3 is 2.35 bits per heavy atom. The van der Waals surface area contributed by atoms with Crippen LogP contribution in [0, 0.1) is 6.92 Å². The van der Waals surface area contributed by atoms with Gasteiger partial charge in [0.25, 0.3) is 0 Å². The van der Waals surface area contributed by atoms with E-state index in [2.05, 4.69) is 15.4 Å². The molecule has 0 radical (unpaired) electrons. The summed E-state index contributed by atoms with van der Waals surface area (Å²) in [4.78, 5) is 0. The van der Waals surface area contributed by atoms with Gasteiger partial charge in [0.05, 0.1) is 17.5 Å². The van der Waals surface area contributed by atoms with Gasteiger partial charge in [0.15, 0.2) is 3.79 Å². The Morgan fingerprint density at radius 2 is 1.85 bits per heavy atom. The number of aliphatic hydroxyl groups is 1. The van der Waals surface area contributed by atoms with Crippen molar-refractivity contribution < 1.29 is 5.11 Å². The molecule has 1 heterocycles. The van der Waals surface area contributed by atoms with Gasteiger partial charge in [-0.25, -0.2) is 0 Å². The third-order valence-corrected chi connectivity index (χ3v) is 3.42. The molecule has 0 saturated carbocycles. The molecule has 7 heteroatoms. The number of hydrogen-bond donors (Lipinski definition) is 2. The maximum atomic E-state index is 10.9. The van der Waals surface area contributed by atoms with Crippen molar-refractivity contribution >= 4 is 34.8 Å². The van der Waals surface area contributed by atoms with Crippen molar-refractivity contribution in [1.29, 1.82) is 0 Å². The van der Waals surface area contributed by atoms with Crippen LogP contribution in [0.3, 0.4) is 0 Å².